The highest BCUT2D eigenvalue weighted by Gasteiger charge is 2.21. The number of nitrogens with one attached hydrogen (secondary N) is 1. The van der Waals surface area contributed by atoms with E-state index < -0.39 is 6.09 Å². The normalized spacial score (nSPS) is 10.7. The molecule has 1 amide bonds. The second-order valence-electron chi connectivity index (χ2n) is 8.14. The zero-order valence-corrected chi connectivity index (χ0v) is 20.9. The van der Waals surface area contributed by atoms with E-state index in [0.717, 1.165) is 22.3 Å². The van der Waals surface area contributed by atoms with E-state index in [1.165, 1.54) is 6.07 Å². The number of amides is 1. The molecular weight excluding hydrogens is 483 g/mol. The van der Waals surface area contributed by atoms with E-state index in [-0.39, 0.29) is 18.9 Å². The third-order valence-electron chi connectivity index (χ3n) is 5.76. The summed E-state index contributed by atoms with van der Waals surface area (Å²) >= 11 is 6.08. The highest BCUT2D eigenvalue weighted by atomic mass is 35.5. The molecule has 0 aliphatic carbocycles. The predicted molar refractivity (Wildman–Crippen MR) is 138 cm³/mol. The zero-order valence-electron chi connectivity index (χ0n) is 20.2. The number of rotatable bonds is 8. The van der Waals surface area contributed by atoms with Gasteiger partial charge in [-0.25, -0.2) is 9.18 Å². The number of carbonyl (C=O) groups excluding carboxylic acids is 1. The molecule has 0 aliphatic heterocycles. The smallest absolute Gasteiger partial charge is 0.414 e. The van der Waals surface area contributed by atoms with Crippen LogP contribution in [-0.4, -0.2) is 24.9 Å². The fourth-order valence-electron chi connectivity index (χ4n) is 3.96. The van der Waals surface area contributed by atoms with E-state index in [2.05, 4.69) is 5.32 Å². The Morgan fingerprint density at radius 2 is 1.75 bits per heavy atom. The van der Waals surface area contributed by atoms with Gasteiger partial charge in [0.25, 0.3) is 0 Å². The van der Waals surface area contributed by atoms with Gasteiger partial charge in [-0.15, -0.1) is 0 Å². The Bertz CT molecular complexity index is 1370. The largest absolute Gasteiger partial charge is 0.497 e. The van der Waals surface area contributed by atoms with Crippen LogP contribution in [0.2, 0.25) is 5.02 Å². The van der Waals surface area contributed by atoms with Gasteiger partial charge in [0.1, 0.15) is 17.3 Å². The first-order valence-electron chi connectivity index (χ1n) is 11.2. The molecule has 186 valence electrons. The molecule has 0 saturated carbocycles. The fourth-order valence-corrected chi connectivity index (χ4v) is 4.09. The van der Waals surface area contributed by atoms with Crippen LogP contribution in [0.25, 0.3) is 11.1 Å². The topological polar surface area (TPSA) is 61.7 Å². The third-order valence-corrected chi connectivity index (χ3v) is 6.01. The van der Waals surface area contributed by atoms with Crippen molar-refractivity contribution in [1.82, 2.24) is 9.88 Å². The molecule has 8 heteroatoms. The molecule has 1 heterocycles. The quantitative estimate of drug-likeness (QED) is 0.291. The molecule has 0 spiro atoms. The minimum Gasteiger partial charge on any atom is -0.497 e. The van der Waals surface area contributed by atoms with Crippen LogP contribution >= 0.6 is 11.6 Å². The van der Waals surface area contributed by atoms with Crippen molar-refractivity contribution in [3.8, 4) is 28.5 Å². The fraction of sp³-hybridized carbons (Fsp3) is 0.179. The molecule has 0 bridgehead atoms. The summed E-state index contributed by atoms with van der Waals surface area (Å²) in [6.45, 7) is 2.28. The Balaban J connectivity index is 1.62. The Hall–Kier alpha value is -3.97. The molecule has 6 nitrogen and oxygen atoms in total. The first-order chi connectivity index (χ1) is 17.4. The van der Waals surface area contributed by atoms with Gasteiger partial charge in [-0.2, -0.15) is 0 Å². The zero-order chi connectivity index (χ0) is 25.7. The summed E-state index contributed by atoms with van der Waals surface area (Å²) in [5, 5.41) is 3.36. The van der Waals surface area contributed by atoms with Crippen molar-refractivity contribution in [2.75, 3.05) is 14.2 Å². The van der Waals surface area contributed by atoms with E-state index in [0.29, 0.717) is 28.0 Å². The standard InChI is InChI=1S/C28H26ClFN2O4/c1-18-16-32(17-21-6-4-5-7-24(21)30)27(26(18)19-8-11-22(29)12-9-19)36-28(33)31-15-20-10-13-23(34-2)14-25(20)35-3/h4-14,16H,15,17H2,1-3H3,(H,31,33). The lowest BCUT2D eigenvalue weighted by atomic mass is 10.1. The molecule has 0 aliphatic rings. The van der Waals surface area contributed by atoms with Crippen molar-refractivity contribution < 1.29 is 23.4 Å². The van der Waals surface area contributed by atoms with Gasteiger partial charge in [-0.1, -0.05) is 41.9 Å². The highest BCUT2D eigenvalue weighted by Crippen LogP contribution is 2.36. The van der Waals surface area contributed by atoms with Crippen LogP contribution in [-0.2, 0) is 13.1 Å². The van der Waals surface area contributed by atoms with Crippen molar-refractivity contribution in [3.05, 3.63) is 100 Å². The summed E-state index contributed by atoms with van der Waals surface area (Å²) in [5.74, 6) is 1.19. The molecule has 4 aromatic rings. The third kappa shape index (κ3) is 5.63. The van der Waals surface area contributed by atoms with Crippen LogP contribution in [0.1, 0.15) is 16.7 Å². The van der Waals surface area contributed by atoms with Crippen molar-refractivity contribution in [1.29, 1.82) is 0 Å². The van der Waals surface area contributed by atoms with Crippen molar-refractivity contribution in [3.63, 3.8) is 0 Å². The number of aryl methyl sites for hydroxylation is 1. The van der Waals surface area contributed by atoms with Gasteiger partial charge in [-0.05, 0) is 48.4 Å². The maximum absolute atomic E-state index is 14.4. The molecule has 3 aromatic carbocycles. The molecule has 0 atom stereocenters. The number of ether oxygens (including phenoxy) is 3. The first-order valence-corrected chi connectivity index (χ1v) is 11.6. The summed E-state index contributed by atoms with van der Waals surface area (Å²) in [7, 11) is 3.12. The van der Waals surface area contributed by atoms with E-state index in [4.69, 9.17) is 25.8 Å². The van der Waals surface area contributed by atoms with E-state index in [1.807, 2.05) is 31.3 Å². The second kappa shape index (κ2) is 11.2. The molecule has 0 unspecified atom stereocenters. The SMILES string of the molecule is COc1ccc(CNC(=O)Oc2c(-c3ccc(Cl)cc3)c(C)cn2Cc2ccccc2F)c(OC)c1. The van der Waals surface area contributed by atoms with Gasteiger partial charge in [-0.3, -0.25) is 0 Å². The average molecular weight is 509 g/mol. The van der Waals surface area contributed by atoms with Crippen molar-refractivity contribution in [2.45, 2.75) is 20.0 Å². The highest BCUT2D eigenvalue weighted by molar-refractivity contribution is 6.30. The lowest BCUT2D eigenvalue weighted by molar-refractivity contribution is 0.196. The number of methoxy groups -OCH3 is 2. The van der Waals surface area contributed by atoms with E-state index >= 15 is 0 Å². The maximum atomic E-state index is 14.4. The Morgan fingerprint density at radius 3 is 2.44 bits per heavy atom. The molecular formula is C28H26ClFN2O4. The number of hydrogen-bond donors (Lipinski definition) is 1. The van der Waals surface area contributed by atoms with Gasteiger partial charge in [0.2, 0.25) is 5.88 Å². The molecule has 1 aromatic heterocycles. The number of carbonyl (C=O) groups is 1. The van der Waals surface area contributed by atoms with E-state index in [1.54, 1.807) is 61.3 Å². The van der Waals surface area contributed by atoms with Gasteiger partial charge in [0.05, 0.1) is 20.8 Å². The van der Waals surface area contributed by atoms with Crippen LogP contribution in [0.3, 0.4) is 0 Å². The number of hydrogen-bond acceptors (Lipinski definition) is 4. The van der Waals surface area contributed by atoms with Crippen LogP contribution in [0.5, 0.6) is 17.4 Å². The summed E-state index contributed by atoms with van der Waals surface area (Å²) in [5.41, 5.74) is 3.65. The molecule has 4 rings (SSSR count). The molecule has 0 radical (unpaired) electrons. The van der Waals surface area contributed by atoms with E-state index in [9.17, 15) is 9.18 Å². The molecule has 0 saturated heterocycles. The van der Waals surface area contributed by atoms with Gasteiger partial charge < -0.3 is 24.1 Å². The summed E-state index contributed by atoms with van der Waals surface area (Å²) in [6, 6.07) is 19.1. The van der Waals surface area contributed by atoms with Crippen LogP contribution in [0.15, 0.2) is 72.9 Å². The van der Waals surface area contributed by atoms with Crippen LogP contribution < -0.4 is 19.5 Å². The van der Waals surface area contributed by atoms with Crippen LogP contribution in [0.4, 0.5) is 9.18 Å². The van der Waals surface area contributed by atoms with Crippen molar-refractivity contribution in [2.24, 2.45) is 0 Å². The second-order valence-corrected chi connectivity index (χ2v) is 8.58. The lowest BCUT2D eigenvalue weighted by Gasteiger charge is -2.14. The molecule has 36 heavy (non-hydrogen) atoms. The number of nitrogens with zero attached hydrogens (tertiary/aromatic N) is 1. The average Bonchev–Trinajstić information content (AvgIpc) is 3.18. The number of aromatic nitrogens is 1. The monoisotopic (exact) mass is 508 g/mol. The Morgan fingerprint density at radius 1 is 1.00 bits per heavy atom. The van der Waals surface area contributed by atoms with Crippen molar-refractivity contribution >= 4 is 17.7 Å². The summed E-state index contributed by atoms with van der Waals surface area (Å²) in [6.07, 6.45) is 1.18. The minimum absolute atomic E-state index is 0.176. The lowest BCUT2D eigenvalue weighted by Crippen LogP contribution is -2.27. The van der Waals surface area contributed by atoms with Crippen LogP contribution in [0, 0.1) is 12.7 Å². The summed E-state index contributed by atoms with van der Waals surface area (Å²) in [4.78, 5) is 12.9. The Labute approximate surface area is 214 Å². The van der Waals surface area contributed by atoms with Gasteiger partial charge in [0.15, 0.2) is 0 Å². The molecule has 1 N–H and O–H groups in total. The minimum atomic E-state index is -0.657. The maximum Gasteiger partial charge on any atom is 0.414 e. The number of halogens is 2. The summed E-state index contributed by atoms with van der Waals surface area (Å²) < 4.78 is 32.6. The van der Waals surface area contributed by atoms with Gasteiger partial charge in [0, 0.05) is 40.5 Å². The van der Waals surface area contributed by atoms with Gasteiger partial charge >= 0.3 is 6.09 Å². The predicted octanol–water partition coefficient (Wildman–Crippen LogP) is 6.61. The number of benzene rings is 3. The molecule has 0 fully saturated rings. The first kappa shape index (κ1) is 25.1. The Kier molecular flexibility index (Phi) is 7.80.